The molecule has 0 saturated carbocycles. The topological polar surface area (TPSA) is 54.0 Å². The second-order valence-electron chi connectivity index (χ2n) is 10.9. The number of benzene rings is 2. The first-order valence-corrected chi connectivity index (χ1v) is 14.2. The van der Waals surface area contributed by atoms with Crippen molar-refractivity contribution in [3.8, 4) is 22.3 Å². The minimum atomic E-state index is 0. The maximum absolute atomic E-state index is 5.13. The minimum Gasteiger partial charge on any atom is -0.657 e. The molecule has 0 atom stereocenters. The molecule has 204 valence electrons. The fourth-order valence-corrected chi connectivity index (χ4v) is 5.65. The van der Waals surface area contributed by atoms with Crippen molar-refractivity contribution in [2.75, 3.05) is 0 Å². The Morgan fingerprint density at radius 2 is 0.977 bits per heavy atom. The first-order chi connectivity index (χ1) is 20.5. The number of aryl methyl sites for hydroxylation is 3. The summed E-state index contributed by atoms with van der Waals surface area (Å²) in [6, 6.07) is 25.5. The molecule has 5 heterocycles. The standard InChI is InChI=1S/C38H30N4.Zn/c1-5-6-26-9-13-28(14-10-26)38-35-21-17-31(41-35)24(3)29-15-19-33(39-29)37(27-11-7-23(2)8-12-27)34-20-16-30(40-34)25(4)32-18-22-36(38)42-32;/h5,7-22H,1,6H2,2-4H3;/q-2;+2. The Kier molecular flexibility index (Phi) is 7.69. The number of rotatable bonds is 4. The predicted octanol–water partition coefficient (Wildman–Crippen LogP) is 8.90. The Morgan fingerprint density at radius 1 is 0.558 bits per heavy atom. The molecule has 2 aromatic carbocycles. The third kappa shape index (κ3) is 5.26. The van der Waals surface area contributed by atoms with Crippen molar-refractivity contribution in [1.29, 1.82) is 0 Å². The van der Waals surface area contributed by atoms with E-state index in [0.29, 0.717) is 0 Å². The normalized spacial score (nSPS) is 11.9. The number of hydrogen-bond acceptors (Lipinski definition) is 2. The number of nitrogens with zero attached hydrogens (tertiary/aromatic N) is 4. The van der Waals surface area contributed by atoms with Gasteiger partial charge in [-0.15, -0.1) is 28.6 Å². The summed E-state index contributed by atoms with van der Waals surface area (Å²) in [4.78, 5) is 20.5. The molecule has 0 radical (unpaired) electrons. The molecule has 0 unspecified atom stereocenters. The van der Waals surface area contributed by atoms with Gasteiger partial charge in [-0.2, -0.15) is 0 Å². The van der Waals surface area contributed by atoms with E-state index in [-0.39, 0.29) is 19.5 Å². The molecule has 4 nitrogen and oxygen atoms in total. The zero-order valence-electron chi connectivity index (χ0n) is 24.7. The Labute approximate surface area is 264 Å². The van der Waals surface area contributed by atoms with Crippen molar-refractivity contribution in [1.82, 2.24) is 19.9 Å². The minimum absolute atomic E-state index is 0. The van der Waals surface area contributed by atoms with Gasteiger partial charge in [-0.1, -0.05) is 84.4 Å². The molecule has 0 amide bonds. The van der Waals surface area contributed by atoms with Crippen molar-refractivity contribution in [3.05, 3.63) is 130 Å². The van der Waals surface area contributed by atoms with Crippen molar-refractivity contribution in [2.24, 2.45) is 0 Å². The van der Waals surface area contributed by atoms with Gasteiger partial charge >= 0.3 is 19.5 Å². The van der Waals surface area contributed by atoms with E-state index in [4.69, 9.17) is 19.9 Å². The van der Waals surface area contributed by atoms with Crippen LogP contribution in [0.15, 0.2) is 85.5 Å². The first-order valence-electron chi connectivity index (χ1n) is 14.2. The van der Waals surface area contributed by atoms with Crippen LogP contribution in [0.25, 0.3) is 68.6 Å². The summed E-state index contributed by atoms with van der Waals surface area (Å²) in [5.41, 5.74) is 15.9. The summed E-state index contributed by atoms with van der Waals surface area (Å²) in [7, 11) is 0. The number of allylic oxidation sites excluding steroid dienone is 1. The summed E-state index contributed by atoms with van der Waals surface area (Å²) >= 11 is 0. The van der Waals surface area contributed by atoms with Gasteiger partial charge in [0.1, 0.15) is 0 Å². The van der Waals surface area contributed by atoms with E-state index < -0.39 is 0 Å². The molecule has 43 heavy (non-hydrogen) atoms. The van der Waals surface area contributed by atoms with Crippen LogP contribution < -0.4 is 9.97 Å². The van der Waals surface area contributed by atoms with Gasteiger partial charge in [0.2, 0.25) is 0 Å². The molecule has 0 fully saturated rings. The summed E-state index contributed by atoms with van der Waals surface area (Å²) < 4.78 is 0. The Bertz CT molecular complexity index is 2090. The fraction of sp³-hybridized carbons (Fsp3) is 0.105. The van der Waals surface area contributed by atoms with Crippen molar-refractivity contribution in [2.45, 2.75) is 27.2 Å². The van der Waals surface area contributed by atoms with Crippen LogP contribution >= 0.6 is 0 Å². The number of hydrogen-bond donors (Lipinski definition) is 0. The second-order valence-corrected chi connectivity index (χ2v) is 10.9. The van der Waals surface area contributed by atoms with Gasteiger partial charge in [0.05, 0.1) is 22.8 Å². The van der Waals surface area contributed by atoms with Gasteiger partial charge in [-0.3, -0.25) is 0 Å². The van der Waals surface area contributed by atoms with Crippen LogP contribution in [-0.2, 0) is 25.9 Å². The Morgan fingerprint density at radius 3 is 1.44 bits per heavy atom. The summed E-state index contributed by atoms with van der Waals surface area (Å²) in [6.07, 6.45) is 11.1. The number of aromatic nitrogens is 4. The third-order valence-electron chi connectivity index (χ3n) is 8.08. The van der Waals surface area contributed by atoms with Gasteiger partial charge in [-0.25, -0.2) is 9.97 Å². The molecular weight excluding hydrogens is 578 g/mol. The molecule has 2 aliphatic rings. The molecule has 0 saturated heterocycles. The van der Waals surface area contributed by atoms with Crippen LogP contribution in [0.1, 0.15) is 45.0 Å². The zero-order chi connectivity index (χ0) is 28.8. The molecule has 7 rings (SSSR count). The van der Waals surface area contributed by atoms with Crippen LogP contribution in [-0.4, -0.2) is 9.97 Å². The van der Waals surface area contributed by atoms with E-state index in [2.05, 4.69) is 124 Å². The van der Waals surface area contributed by atoms with Gasteiger partial charge in [0.15, 0.2) is 0 Å². The average molecular weight is 608 g/mol. The monoisotopic (exact) mass is 606 g/mol. The molecule has 8 bridgehead atoms. The van der Waals surface area contributed by atoms with Crippen LogP contribution in [0.2, 0.25) is 0 Å². The summed E-state index contributed by atoms with van der Waals surface area (Å²) in [5.74, 6) is 0. The van der Waals surface area contributed by atoms with E-state index in [1.807, 2.05) is 6.08 Å². The van der Waals surface area contributed by atoms with E-state index >= 15 is 0 Å². The maximum Gasteiger partial charge on any atom is 2.00 e. The van der Waals surface area contributed by atoms with Crippen molar-refractivity contribution in [3.63, 3.8) is 0 Å². The van der Waals surface area contributed by atoms with Gasteiger partial charge < -0.3 is 9.97 Å². The predicted molar refractivity (Wildman–Crippen MR) is 176 cm³/mol. The van der Waals surface area contributed by atoms with Gasteiger partial charge in [0, 0.05) is 0 Å². The van der Waals surface area contributed by atoms with Crippen LogP contribution in [0.5, 0.6) is 0 Å². The zero-order valence-corrected chi connectivity index (χ0v) is 27.7. The number of fused-ring (bicyclic) bond motifs is 8. The van der Waals surface area contributed by atoms with E-state index in [9.17, 15) is 0 Å². The average Bonchev–Trinajstić information content (AvgIpc) is 3.83. The SMILES string of the molecule is C=CCc1ccc(-c2c3nc(c(C)c4ccc([n-]4)c(-c4ccc(C)cc4)c4nc(c(C)c5ccc2[n-]5)C=C4)C=C3)cc1.[Zn+2]. The molecule has 0 spiro atoms. The molecule has 5 aromatic rings. The van der Waals surface area contributed by atoms with E-state index in [0.717, 1.165) is 84.6 Å². The molecule has 0 aliphatic carbocycles. The Hall–Kier alpha value is -4.60. The van der Waals surface area contributed by atoms with Gasteiger partial charge in [-0.05, 0) is 90.4 Å². The Balaban J connectivity index is 0.00000329. The smallest absolute Gasteiger partial charge is 0.657 e. The molecule has 3 aromatic heterocycles. The molecule has 0 N–H and O–H groups in total. The fourth-order valence-electron chi connectivity index (χ4n) is 5.65. The van der Waals surface area contributed by atoms with Crippen molar-refractivity contribution >= 4 is 46.4 Å². The van der Waals surface area contributed by atoms with Crippen LogP contribution in [0, 0.1) is 20.8 Å². The first kappa shape index (κ1) is 28.5. The van der Waals surface area contributed by atoms with E-state index in [1.54, 1.807) is 0 Å². The maximum atomic E-state index is 5.13. The second kappa shape index (κ2) is 11.6. The van der Waals surface area contributed by atoms with Gasteiger partial charge in [0.25, 0.3) is 0 Å². The summed E-state index contributed by atoms with van der Waals surface area (Å²) in [6.45, 7) is 10.2. The molecule has 2 aliphatic heterocycles. The van der Waals surface area contributed by atoms with E-state index in [1.165, 1.54) is 11.1 Å². The quantitative estimate of drug-likeness (QED) is 0.148. The largest absolute Gasteiger partial charge is 2.00 e. The van der Waals surface area contributed by atoms with Crippen LogP contribution in [0.4, 0.5) is 0 Å². The van der Waals surface area contributed by atoms with Crippen LogP contribution in [0.3, 0.4) is 0 Å². The molecular formula is C38H30N4Zn. The molecule has 5 heteroatoms. The third-order valence-corrected chi connectivity index (χ3v) is 8.08. The van der Waals surface area contributed by atoms with Crippen molar-refractivity contribution < 1.29 is 19.5 Å². The summed E-state index contributed by atoms with van der Waals surface area (Å²) in [5, 5.41) is 0.